The minimum absolute atomic E-state index is 0.0340. The summed E-state index contributed by atoms with van der Waals surface area (Å²) in [7, 11) is 0. The molecule has 2 heterocycles. The number of benzene rings is 1. The summed E-state index contributed by atoms with van der Waals surface area (Å²) in [5, 5.41) is 21.8. The van der Waals surface area contributed by atoms with Crippen LogP contribution in [0.3, 0.4) is 0 Å². The van der Waals surface area contributed by atoms with Crippen molar-refractivity contribution in [2.24, 2.45) is 11.3 Å². The summed E-state index contributed by atoms with van der Waals surface area (Å²) in [6.45, 7) is 1.49. The molecule has 8 heteroatoms. The van der Waals surface area contributed by atoms with Crippen LogP contribution in [0.25, 0.3) is 0 Å². The first-order valence-corrected chi connectivity index (χ1v) is 12.5. The van der Waals surface area contributed by atoms with Gasteiger partial charge in [0.2, 0.25) is 0 Å². The van der Waals surface area contributed by atoms with Gasteiger partial charge in [-0.05, 0) is 96.2 Å². The predicted octanol–water partition coefficient (Wildman–Crippen LogP) is 5.71. The van der Waals surface area contributed by atoms with E-state index in [0.29, 0.717) is 17.9 Å². The Balaban J connectivity index is 1.31. The number of nitrogens with zero attached hydrogens (tertiary/aromatic N) is 1. The van der Waals surface area contributed by atoms with Crippen molar-refractivity contribution in [2.75, 3.05) is 13.2 Å². The Labute approximate surface area is 204 Å². The number of rotatable bonds is 3. The molecule has 2 atom stereocenters. The van der Waals surface area contributed by atoms with Crippen molar-refractivity contribution in [3.8, 4) is 0 Å². The molecular weight excluding hydrogens is 546 g/mol. The molecule has 1 spiro atoms. The van der Waals surface area contributed by atoms with E-state index in [-0.39, 0.29) is 11.3 Å². The number of aliphatic hydroxyl groups is 2. The minimum Gasteiger partial charge on any atom is -0.388 e. The van der Waals surface area contributed by atoms with Crippen molar-refractivity contribution < 1.29 is 28.1 Å². The second-order valence-corrected chi connectivity index (χ2v) is 11.1. The average Bonchev–Trinajstić information content (AvgIpc) is 2.76. The maximum Gasteiger partial charge on any atom is 0.416 e. The topological polar surface area (TPSA) is 62.6 Å². The van der Waals surface area contributed by atoms with E-state index in [1.165, 1.54) is 12.1 Å². The summed E-state index contributed by atoms with van der Waals surface area (Å²) in [6, 6.07) is 6.89. The lowest BCUT2D eigenvalue weighted by molar-refractivity contribution is -0.137. The van der Waals surface area contributed by atoms with Gasteiger partial charge in [0.05, 0.1) is 17.8 Å². The van der Waals surface area contributed by atoms with Crippen molar-refractivity contribution >= 4 is 22.6 Å². The van der Waals surface area contributed by atoms with Gasteiger partial charge < -0.3 is 14.9 Å². The first kappa shape index (κ1) is 23.5. The maximum absolute atomic E-state index is 12.8. The van der Waals surface area contributed by atoms with Crippen LogP contribution in [0.4, 0.5) is 13.2 Å². The highest BCUT2D eigenvalue weighted by atomic mass is 127. The molecule has 33 heavy (non-hydrogen) atoms. The second kappa shape index (κ2) is 8.77. The molecule has 2 aliphatic carbocycles. The molecule has 5 rings (SSSR count). The Hall–Kier alpha value is -1.23. The smallest absolute Gasteiger partial charge is 0.388 e. The van der Waals surface area contributed by atoms with E-state index in [4.69, 9.17) is 9.72 Å². The molecule has 1 saturated heterocycles. The van der Waals surface area contributed by atoms with E-state index in [1.54, 1.807) is 0 Å². The fourth-order valence-electron chi connectivity index (χ4n) is 5.95. The van der Waals surface area contributed by atoms with E-state index < -0.39 is 23.9 Å². The molecule has 178 valence electrons. The number of hydrogen-bond acceptors (Lipinski definition) is 4. The Kier molecular flexibility index (Phi) is 6.25. The fourth-order valence-corrected chi connectivity index (χ4v) is 6.94. The number of hydrogen-bond donors (Lipinski definition) is 2. The molecule has 1 aromatic heterocycles. The first-order valence-electron chi connectivity index (χ1n) is 11.5. The number of pyridine rings is 1. The molecule has 2 aromatic rings. The van der Waals surface area contributed by atoms with Gasteiger partial charge in [-0.15, -0.1) is 0 Å². The third kappa shape index (κ3) is 4.56. The number of ether oxygens (including phenoxy) is 1. The van der Waals surface area contributed by atoms with Gasteiger partial charge in [-0.25, -0.2) is 0 Å². The van der Waals surface area contributed by atoms with Gasteiger partial charge in [0.1, 0.15) is 0 Å². The van der Waals surface area contributed by atoms with E-state index >= 15 is 0 Å². The Bertz CT molecular complexity index is 1010. The zero-order chi connectivity index (χ0) is 23.4. The van der Waals surface area contributed by atoms with Crippen LogP contribution < -0.4 is 0 Å². The quantitative estimate of drug-likeness (QED) is 0.462. The van der Waals surface area contributed by atoms with Crippen molar-refractivity contribution in [3.05, 3.63) is 62.0 Å². The molecule has 3 aliphatic rings. The lowest BCUT2D eigenvalue weighted by atomic mass is 9.53. The number of fused-ring (bicyclic) bond motifs is 1. The van der Waals surface area contributed by atoms with Crippen molar-refractivity contribution in [1.29, 1.82) is 0 Å². The van der Waals surface area contributed by atoms with Crippen LogP contribution in [0, 0.1) is 14.9 Å². The number of alkyl halides is 3. The normalized spacial score (nSPS) is 28.9. The van der Waals surface area contributed by atoms with Gasteiger partial charge in [0, 0.05) is 39.7 Å². The van der Waals surface area contributed by atoms with Crippen molar-refractivity contribution in [2.45, 2.75) is 62.8 Å². The highest BCUT2D eigenvalue weighted by Gasteiger charge is 2.51. The lowest BCUT2D eigenvalue weighted by Gasteiger charge is -2.53. The van der Waals surface area contributed by atoms with Crippen LogP contribution in [0.15, 0.2) is 30.3 Å². The standard InChI is InChI=1S/C25H27F3INO3/c26-25(27,28)17-3-1-15(2-4-17)23(32)16-10-24(11-16)12-20-22(21(31)13-24)18(29)9-19(30-20)14-5-7-33-8-6-14/h1-4,9,14,16,21,23,31-32H,5-8,10-13H2. The van der Waals surface area contributed by atoms with E-state index in [1.807, 2.05) is 0 Å². The summed E-state index contributed by atoms with van der Waals surface area (Å²) < 4.78 is 45.0. The summed E-state index contributed by atoms with van der Waals surface area (Å²) in [6.07, 6.45) is -1.01. The molecule has 1 aliphatic heterocycles. The number of aliphatic hydroxyl groups excluding tert-OH is 2. The summed E-state index contributed by atoms with van der Waals surface area (Å²) in [5.74, 6) is 0.344. The molecule has 2 N–H and O–H groups in total. The van der Waals surface area contributed by atoms with Crippen LogP contribution >= 0.6 is 22.6 Å². The van der Waals surface area contributed by atoms with E-state index in [0.717, 1.165) is 78.0 Å². The summed E-state index contributed by atoms with van der Waals surface area (Å²) >= 11 is 2.30. The van der Waals surface area contributed by atoms with Crippen LogP contribution in [0.1, 0.15) is 78.3 Å². The molecule has 0 bridgehead atoms. The largest absolute Gasteiger partial charge is 0.416 e. The van der Waals surface area contributed by atoms with Crippen molar-refractivity contribution in [3.63, 3.8) is 0 Å². The predicted molar refractivity (Wildman–Crippen MR) is 125 cm³/mol. The maximum atomic E-state index is 12.8. The highest BCUT2D eigenvalue weighted by molar-refractivity contribution is 14.1. The van der Waals surface area contributed by atoms with Crippen LogP contribution in [0.5, 0.6) is 0 Å². The minimum atomic E-state index is -4.39. The lowest BCUT2D eigenvalue weighted by Crippen LogP contribution is -2.45. The van der Waals surface area contributed by atoms with Crippen LogP contribution in [-0.2, 0) is 17.3 Å². The van der Waals surface area contributed by atoms with Gasteiger partial charge >= 0.3 is 6.18 Å². The third-order valence-corrected chi connectivity index (χ3v) is 8.56. The second-order valence-electron chi connectivity index (χ2n) is 9.91. The van der Waals surface area contributed by atoms with Gasteiger partial charge in [0.25, 0.3) is 0 Å². The van der Waals surface area contributed by atoms with Crippen molar-refractivity contribution in [1.82, 2.24) is 4.98 Å². The molecule has 0 radical (unpaired) electrons. The summed E-state index contributed by atoms with van der Waals surface area (Å²) in [4.78, 5) is 5.00. The van der Waals surface area contributed by atoms with Gasteiger partial charge in [0.15, 0.2) is 0 Å². The molecular formula is C25H27F3INO3. The Morgan fingerprint density at radius 2 is 1.76 bits per heavy atom. The zero-order valence-corrected chi connectivity index (χ0v) is 20.3. The average molecular weight is 573 g/mol. The molecule has 1 aromatic carbocycles. The van der Waals surface area contributed by atoms with E-state index in [9.17, 15) is 23.4 Å². The molecule has 4 nitrogen and oxygen atoms in total. The first-order chi connectivity index (χ1) is 15.7. The molecule has 2 fully saturated rings. The zero-order valence-electron chi connectivity index (χ0n) is 18.1. The highest BCUT2D eigenvalue weighted by Crippen LogP contribution is 2.59. The monoisotopic (exact) mass is 573 g/mol. The SMILES string of the molecule is OC1CC2(Cc3nc(C4CCOCC4)cc(I)c31)CC(C(O)c1ccc(C(F)(F)F)cc1)C2. The van der Waals surface area contributed by atoms with Gasteiger partial charge in [-0.2, -0.15) is 13.2 Å². The molecule has 1 saturated carbocycles. The van der Waals surface area contributed by atoms with Crippen LogP contribution in [0.2, 0.25) is 0 Å². The summed E-state index contributed by atoms with van der Waals surface area (Å²) in [5.41, 5.74) is 2.65. The number of halogens is 4. The fraction of sp³-hybridized carbons (Fsp3) is 0.560. The van der Waals surface area contributed by atoms with Crippen LogP contribution in [-0.4, -0.2) is 28.4 Å². The van der Waals surface area contributed by atoms with Gasteiger partial charge in [-0.3, -0.25) is 4.98 Å². The Morgan fingerprint density at radius 3 is 2.39 bits per heavy atom. The van der Waals surface area contributed by atoms with Gasteiger partial charge in [-0.1, -0.05) is 12.1 Å². The molecule has 2 unspecified atom stereocenters. The third-order valence-electron chi connectivity index (χ3n) is 7.66. The van der Waals surface area contributed by atoms with E-state index in [2.05, 4.69) is 28.7 Å². The number of aromatic nitrogens is 1. The molecule has 0 amide bonds. The Morgan fingerprint density at radius 1 is 1.09 bits per heavy atom.